The molecule has 0 fully saturated rings. The van der Waals surface area contributed by atoms with Crippen LogP contribution in [0, 0.1) is 28.8 Å². The molecule has 0 amide bonds. The summed E-state index contributed by atoms with van der Waals surface area (Å²) in [5.41, 5.74) is -0.513. The SMILES string of the molecule is N#Cc1cccc(COc2ccc(C(F)(F)C(O)(CN3C=NNN3)c3ccc(F)cc3F)nc2)c1F. The first-order valence-corrected chi connectivity index (χ1v) is 10.3. The maximum absolute atomic E-state index is 15.7. The molecule has 1 aliphatic rings. The number of halogens is 5. The predicted molar refractivity (Wildman–Crippen MR) is 115 cm³/mol. The van der Waals surface area contributed by atoms with Gasteiger partial charge in [-0.05, 0) is 30.3 Å². The second-order valence-corrected chi connectivity index (χ2v) is 7.71. The fourth-order valence-corrected chi connectivity index (χ4v) is 3.53. The molecule has 4 rings (SSSR count). The first kappa shape index (κ1) is 24.8. The van der Waals surface area contributed by atoms with E-state index in [2.05, 4.69) is 21.2 Å². The van der Waals surface area contributed by atoms with Gasteiger partial charge in [0, 0.05) is 17.2 Å². The summed E-state index contributed by atoms with van der Waals surface area (Å²) in [6, 6.07) is 9.67. The van der Waals surface area contributed by atoms with Gasteiger partial charge >= 0.3 is 5.92 Å². The molecule has 0 radical (unpaired) electrons. The number of nitriles is 1. The van der Waals surface area contributed by atoms with Gasteiger partial charge in [-0.15, -0.1) is 5.53 Å². The Morgan fingerprint density at radius 1 is 1.11 bits per heavy atom. The molecule has 1 aromatic heterocycles. The fraction of sp³-hybridized carbons (Fsp3) is 0.174. The molecule has 0 bridgehead atoms. The van der Waals surface area contributed by atoms with Crippen molar-refractivity contribution in [1.82, 2.24) is 21.1 Å². The molecule has 0 aliphatic carbocycles. The molecule has 186 valence electrons. The van der Waals surface area contributed by atoms with Crippen LogP contribution >= 0.6 is 0 Å². The zero-order chi connectivity index (χ0) is 25.9. The van der Waals surface area contributed by atoms with Crippen LogP contribution < -0.4 is 15.8 Å². The minimum absolute atomic E-state index is 0.00893. The molecular formula is C23H17F5N6O2. The number of rotatable bonds is 8. The van der Waals surface area contributed by atoms with E-state index in [1.54, 1.807) is 6.07 Å². The number of ether oxygens (including phenoxy) is 1. The Kier molecular flexibility index (Phi) is 6.73. The average Bonchev–Trinajstić information content (AvgIpc) is 3.36. The van der Waals surface area contributed by atoms with Gasteiger partial charge in [-0.25, -0.2) is 18.7 Å². The number of aliphatic hydroxyl groups is 1. The normalized spacial score (nSPS) is 14.8. The molecule has 8 nitrogen and oxygen atoms in total. The molecule has 2 aromatic carbocycles. The number of hydrazone groups is 1. The number of nitrogens with one attached hydrogen (secondary N) is 2. The van der Waals surface area contributed by atoms with Gasteiger partial charge in [-0.2, -0.15) is 19.1 Å². The Balaban J connectivity index is 1.61. The number of β-amino-alcohol motifs (C(OH)–C–C–N with tert-alkyl or cyclic N) is 1. The van der Waals surface area contributed by atoms with E-state index in [0.29, 0.717) is 6.07 Å². The van der Waals surface area contributed by atoms with Crippen molar-refractivity contribution >= 4 is 6.34 Å². The van der Waals surface area contributed by atoms with Crippen LogP contribution in [0.3, 0.4) is 0 Å². The zero-order valence-corrected chi connectivity index (χ0v) is 18.2. The Labute approximate surface area is 201 Å². The van der Waals surface area contributed by atoms with Gasteiger partial charge in [0.1, 0.15) is 47.9 Å². The highest BCUT2D eigenvalue weighted by Gasteiger charge is 2.58. The van der Waals surface area contributed by atoms with Gasteiger partial charge in [0.05, 0.1) is 18.3 Å². The molecule has 0 spiro atoms. The van der Waals surface area contributed by atoms with Crippen molar-refractivity contribution in [3.05, 3.63) is 94.6 Å². The summed E-state index contributed by atoms with van der Waals surface area (Å²) in [6.07, 6.45) is 1.97. The predicted octanol–water partition coefficient (Wildman–Crippen LogP) is 3.20. The maximum atomic E-state index is 15.7. The molecule has 3 N–H and O–H groups in total. The topological polar surface area (TPSA) is 106 Å². The highest BCUT2D eigenvalue weighted by atomic mass is 19.3. The van der Waals surface area contributed by atoms with Gasteiger partial charge in [-0.1, -0.05) is 12.1 Å². The lowest BCUT2D eigenvalue weighted by atomic mass is 9.84. The number of aromatic nitrogens is 1. The van der Waals surface area contributed by atoms with Crippen LogP contribution in [0.25, 0.3) is 0 Å². The standard InChI is InChI=1S/C23H17F5N6O2/c24-16-4-6-18(19(25)8-16)22(35,12-34-13-31-32-33-34)23(27,28)20-7-5-17(10-30-20)36-11-15-3-1-2-14(9-29)21(15)26/h1-8,10,13,32-33,35H,11-12H2. The number of alkyl halides is 2. The van der Waals surface area contributed by atoms with E-state index in [1.165, 1.54) is 18.2 Å². The average molecular weight is 504 g/mol. The third kappa shape index (κ3) is 4.64. The second-order valence-electron chi connectivity index (χ2n) is 7.71. The summed E-state index contributed by atoms with van der Waals surface area (Å²) >= 11 is 0. The van der Waals surface area contributed by atoms with Gasteiger partial charge in [-0.3, -0.25) is 9.99 Å². The first-order chi connectivity index (χ1) is 17.2. The second kappa shape index (κ2) is 9.76. The molecule has 1 atom stereocenters. The van der Waals surface area contributed by atoms with Crippen molar-refractivity contribution in [1.29, 1.82) is 5.26 Å². The van der Waals surface area contributed by atoms with Crippen LogP contribution in [-0.4, -0.2) is 28.0 Å². The van der Waals surface area contributed by atoms with E-state index in [-0.39, 0.29) is 23.5 Å². The number of pyridine rings is 1. The summed E-state index contributed by atoms with van der Waals surface area (Å²) in [7, 11) is 0. The largest absolute Gasteiger partial charge is 0.487 e. The quantitative estimate of drug-likeness (QED) is 0.405. The number of hydrogen-bond acceptors (Lipinski definition) is 8. The smallest absolute Gasteiger partial charge is 0.323 e. The third-order valence-electron chi connectivity index (χ3n) is 5.40. The van der Waals surface area contributed by atoms with Gasteiger partial charge in [0.25, 0.3) is 0 Å². The van der Waals surface area contributed by atoms with E-state index >= 15 is 8.78 Å². The first-order valence-electron chi connectivity index (χ1n) is 10.3. The molecule has 1 aliphatic heterocycles. The number of benzene rings is 2. The van der Waals surface area contributed by atoms with Crippen LogP contribution in [0.5, 0.6) is 5.75 Å². The minimum Gasteiger partial charge on any atom is -0.487 e. The number of nitrogens with zero attached hydrogens (tertiary/aromatic N) is 4. The van der Waals surface area contributed by atoms with Crippen molar-refractivity contribution in [2.24, 2.45) is 5.10 Å². The van der Waals surface area contributed by atoms with Crippen LogP contribution in [0.4, 0.5) is 22.0 Å². The van der Waals surface area contributed by atoms with Crippen molar-refractivity contribution in [2.45, 2.75) is 18.1 Å². The van der Waals surface area contributed by atoms with Crippen LogP contribution in [0.2, 0.25) is 0 Å². The molecule has 0 saturated carbocycles. The summed E-state index contributed by atoms with van der Waals surface area (Å²) in [6.45, 7) is -1.22. The van der Waals surface area contributed by atoms with Crippen LogP contribution in [0.15, 0.2) is 59.8 Å². The minimum atomic E-state index is -4.20. The van der Waals surface area contributed by atoms with Gasteiger partial charge in [0.15, 0.2) is 5.60 Å². The highest BCUT2D eigenvalue weighted by Crippen LogP contribution is 2.46. The molecular weight excluding hydrogens is 487 g/mol. The van der Waals surface area contributed by atoms with Crippen LogP contribution in [-0.2, 0) is 18.1 Å². The Morgan fingerprint density at radius 2 is 1.92 bits per heavy atom. The van der Waals surface area contributed by atoms with Crippen molar-refractivity contribution in [3.63, 3.8) is 0 Å². The molecule has 0 saturated heterocycles. The lowest BCUT2D eigenvalue weighted by Crippen LogP contribution is -2.54. The summed E-state index contributed by atoms with van der Waals surface area (Å²) < 4.78 is 79.0. The third-order valence-corrected chi connectivity index (χ3v) is 5.40. The van der Waals surface area contributed by atoms with Crippen molar-refractivity contribution < 1.29 is 31.8 Å². The van der Waals surface area contributed by atoms with E-state index in [9.17, 15) is 18.3 Å². The van der Waals surface area contributed by atoms with E-state index in [1.807, 2.05) is 0 Å². The van der Waals surface area contributed by atoms with E-state index in [0.717, 1.165) is 41.8 Å². The van der Waals surface area contributed by atoms with Crippen molar-refractivity contribution in [3.8, 4) is 11.8 Å². The molecule has 2 heterocycles. The van der Waals surface area contributed by atoms with Gasteiger partial charge < -0.3 is 9.84 Å². The van der Waals surface area contributed by atoms with Gasteiger partial charge in [0.2, 0.25) is 0 Å². The summed E-state index contributed by atoms with van der Waals surface area (Å²) in [4.78, 5) is 3.67. The molecule has 13 heteroatoms. The lowest BCUT2D eigenvalue weighted by Gasteiger charge is -2.38. The summed E-state index contributed by atoms with van der Waals surface area (Å²) in [5, 5.41) is 24.6. The Morgan fingerprint density at radius 3 is 2.56 bits per heavy atom. The number of hydrazine groups is 2. The monoisotopic (exact) mass is 504 g/mol. The zero-order valence-electron chi connectivity index (χ0n) is 18.2. The Bertz CT molecular complexity index is 1330. The summed E-state index contributed by atoms with van der Waals surface area (Å²) in [5.74, 6) is -7.37. The highest BCUT2D eigenvalue weighted by molar-refractivity contribution is 5.55. The lowest BCUT2D eigenvalue weighted by molar-refractivity contribution is -0.206. The van der Waals surface area contributed by atoms with Crippen molar-refractivity contribution in [2.75, 3.05) is 6.54 Å². The Hall–Kier alpha value is -4.28. The van der Waals surface area contributed by atoms with E-state index < -0.39 is 46.8 Å². The molecule has 1 unspecified atom stereocenters. The fourth-order valence-electron chi connectivity index (χ4n) is 3.53. The van der Waals surface area contributed by atoms with Crippen LogP contribution in [0.1, 0.15) is 22.4 Å². The van der Waals surface area contributed by atoms with E-state index in [4.69, 9.17) is 10.00 Å². The maximum Gasteiger partial charge on any atom is 0.323 e. The molecule has 36 heavy (non-hydrogen) atoms. The number of hydrogen-bond donors (Lipinski definition) is 3. The molecule has 3 aromatic rings.